The molecule has 0 fully saturated rings. The van der Waals surface area contributed by atoms with Crippen LogP contribution in [0.25, 0.3) is 0 Å². The highest BCUT2D eigenvalue weighted by molar-refractivity contribution is 5.87. The van der Waals surface area contributed by atoms with Gasteiger partial charge in [-0.2, -0.15) is 0 Å². The molecule has 4 nitrogen and oxygen atoms in total. The minimum atomic E-state index is -0.794. The SMILES string of the molecule is CC(C)CNC(=O)/C=C/CCC/C=C\C(O)C(C)O. The van der Waals surface area contributed by atoms with E-state index in [2.05, 4.69) is 19.2 Å². The van der Waals surface area contributed by atoms with Crippen molar-refractivity contribution in [2.75, 3.05) is 6.54 Å². The molecule has 0 aliphatic rings. The summed E-state index contributed by atoms with van der Waals surface area (Å²) in [6.45, 7) is 6.35. The Bertz CT molecular complexity index is 296. The van der Waals surface area contributed by atoms with Crippen LogP contribution in [0.3, 0.4) is 0 Å². The fraction of sp³-hybridized carbons (Fsp3) is 0.667. The van der Waals surface area contributed by atoms with Gasteiger partial charge in [0.05, 0.1) is 12.2 Å². The summed E-state index contributed by atoms with van der Waals surface area (Å²) >= 11 is 0. The van der Waals surface area contributed by atoms with Gasteiger partial charge >= 0.3 is 0 Å². The van der Waals surface area contributed by atoms with Crippen molar-refractivity contribution >= 4 is 5.91 Å². The summed E-state index contributed by atoms with van der Waals surface area (Å²) in [7, 11) is 0. The Morgan fingerprint density at radius 1 is 1.16 bits per heavy atom. The molecule has 3 N–H and O–H groups in total. The Morgan fingerprint density at radius 2 is 1.79 bits per heavy atom. The van der Waals surface area contributed by atoms with Crippen molar-refractivity contribution in [2.45, 2.75) is 52.2 Å². The van der Waals surface area contributed by atoms with E-state index in [1.54, 1.807) is 19.1 Å². The number of amides is 1. The maximum atomic E-state index is 11.3. The fourth-order valence-corrected chi connectivity index (χ4v) is 1.30. The lowest BCUT2D eigenvalue weighted by molar-refractivity contribution is -0.116. The molecular weight excluding hydrogens is 242 g/mol. The van der Waals surface area contributed by atoms with Crippen LogP contribution in [0, 0.1) is 5.92 Å². The second-order valence-corrected chi connectivity index (χ2v) is 5.13. The van der Waals surface area contributed by atoms with E-state index >= 15 is 0 Å². The van der Waals surface area contributed by atoms with Crippen LogP contribution in [-0.2, 0) is 4.79 Å². The topological polar surface area (TPSA) is 69.6 Å². The molecule has 0 spiro atoms. The molecule has 0 saturated heterocycles. The lowest BCUT2D eigenvalue weighted by atomic mass is 10.1. The summed E-state index contributed by atoms with van der Waals surface area (Å²) in [6, 6.07) is 0. The van der Waals surface area contributed by atoms with Crippen LogP contribution in [0.4, 0.5) is 0 Å². The van der Waals surface area contributed by atoms with Crippen LogP contribution in [0.2, 0.25) is 0 Å². The molecule has 1 amide bonds. The van der Waals surface area contributed by atoms with Crippen LogP contribution < -0.4 is 5.32 Å². The van der Waals surface area contributed by atoms with Gasteiger partial charge in [0.2, 0.25) is 5.91 Å². The highest BCUT2D eigenvalue weighted by atomic mass is 16.3. The maximum absolute atomic E-state index is 11.3. The first kappa shape index (κ1) is 17.9. The first-order chi connectivity index (χ1) is 8.93. The van der Waals surface area contributed by atoms with Crippen LogP contribution in [0.1, 0.15) is 40.0 Å². The molecule has 0 heterocycles. The minimum absolute atomic E-state index is 0.0474. The summed E-state index contributed by atoms with van der Waals surface area (Å²) in [6.07, 6.45) is 7.90. The van der Waals surface area contributed by atoms with Crippen molar-refractivity contribution in [1.29, 1.82) is 0 Å². The quantitative estimate of drug-likeness (QED) is 0.339. The monoisotopic (exact) mass is 269 g/mol. The van der Waals surface area contributed by atoms with Crippen molar-refractivity contribution < 1.29 is 15.0 Å². The Kier molecular flexibility index (Phi) is 10.1. The highest BCUT2D eigenvalue weighted by Crippen LogP contribution is 2.01. The molecule has 0 aliphatic heterocycles. The Labute approximate surface area is 116 Å². The van der Waals surface area contributed by atoms with Crippen LogP contribution in [-0.4, -0.2) is 34.9 Å². The van der Waals surface area contributed by atoms with Crippen molar-refractivity contribution in [2.24, 2.45) is 5.92 Å². The molecule has 2 unspecified atom stereocenters. The Balaban J connectivity index is 3.61. The third-order valence-corrected chi connectivity index (χ3v) is 2.52. The Morgan fingerprint density at radius 3 is 2.37 bits per heavy atom. The number of rotatable bonds is 9. The van der Waals surface area contributed by atoms with Crippen molar-refractivity contribution in [1.82, 2.24) is 5.32 Å². The second kappa shape index (κ2) is 10.8. The van der Waals surface area contributed by atoms with Gasteiger partial charge in [0.15, 0.2) is 0 Å². The average molecular weight is 269 g/mol. The van der Waals surface area contributed by atoms with E-state index < -0.39 is 12.2 Å². The third kappa shape index (κ3) is 11.7. The fourth-order valence-electron chi connectivity index (χ4n) is 1.30. The molecule has 0 aromatic rings. The number of aliphatic hydroxyl groups is 2. The van der Waals surface area contributed by atoms with Gasteiger partial charge < -0.3 is 15.5 Å². The third-order valence-electron chi connectivity index (χ3n) is 2.52. The van der Waals surface area contributed by atoms with E-state index in [1.165, 1.54) is 0 Å². The number of nitrogens with one attached hydrogen (secondary N) is 1. The number of carbonyl (C=O) groups is 1. The molecule has 0 radical (unpaired) electrons. The average Bonchev–Trinajstić information content (AvgIpc) is 2.34. The summed E-state index contributed by atoms with van der Waals surface area (Å²) in [4.78, 5) is 11.3. The van der Waals surface area contributed by atoms with Crippen LogP contribution >= 0.6 is 0 Å². The maximum Gasteiger partial charge on any atom is 0.243 e. The lowest BCUT2D eigenvalue weighted by Gasteiger charge is -2.07. The van der Waals surface area contributed by atoms with E-state index in [1.807, 2.05) is 12.2 Å². The molecular formula is C15H27NO3. The molecule has 19 heavy (non-hydrogen) atoms. The molecule has 0 aliphatic carbocycles. The number of aliphatic hydroxyl groups excluding tert-OH is 2. The normalized spacial score (nSPS) is 15.3. The first-order valence-electron chi connectivity index (χ1n) is 6.90. The molecule has 110 valence electrons. The number of carbonyl (C=O) groups excluding carboxylic acids is 1. The second-order valence-electron chi connectivity index (χ2n) is 5.13. The largest absolute Gasteiger partial charge is 0.390 e. The summed E-state index contributed by atoms with van der Waals surface area (Å²) in [5.41, 5.74) is 0. The molecule has 0 aromatic heterocycles. The lowest BCUT2D eigenvalue weighted by Crippen LogP contribution is -2.25. The summed E-state index contributed by atoms with van der Waals surface area (Å²) in [5.74, 6) is 0.414. The highest BCUT2D eigenvalue weighted by Gasteiger charge is 2.04. The van der Waals surface area contributed by atoms with Gasteiger partial charge in [0, 0.05) is 6.54 Å². The van der Waals surface area contributed by atoms with Gasteiger partial charge in [-0.25, -0.2) is 0 Å². The van der Waals surface area contributed by atoms with Gasteiger partial charge in [-0.1, -0.05) is 32.1 Å². The molecule has 0 aromatic carbocycles. The smallest absolute Gasteiger partial charge is 0.243 e. The molecule has 2 atom stereocenters. The molecule has 0 rings (SSSR count). The van der Waals surface area contributed by atoms with E-state index in [0.717, 1.165) is 19.3 Å². The first-order valence-corrected chi connectivity index (χ1v) is 6.90. The van der Waals surface area contributed by atoms with Gasteiger partial charge in [-0.15, -0.1) is 0 Å². The molecule has 4 heteroatoms. The van der Waals surface area contributed by atoms with E-state index in [0.29, 0.717) is 12.5 Å². The summed E-state index contributed by atoms with van der Waals surface area (Å²) in [5, 5.41) is 21.2. The standard InChI is InChI=1S/C15H27NO3/c1-12(2)11-16-15(19)10-8-6-4-5-7-9-14(18)13(3)17/h7-10,12-14,17-18H,4-6,11H2,1-3H3,(H,16,19)/b9-7-,10-8+. The van der Waals surface area contributed by atoms with Crippen molar-refractivity contribution in [3.05, 3.63) is 24.3 Å². The van der Waals surface area contributed by atoms with Crippen molar-refractivity contribution in [3.8, 4) is 0 Å². The predicted molar refractivity (Wildman–Crippen MR) is 77.7 cm³/mol. The van der Waals surface area contributed by atoms with Crippen LogP contribution in [0.5, 0.6) is 0 Å². The summed E-state index contributed by atoms with van der Waals surface area (Å²) < 4.78 is 0. The number of hydrogen-bond donors (Lipinski definition) is 3. The van der Waals surface area contributed by atoms with E-state index in [9.17, 15) is 9.90 Å². The number of hydrogen-bond acceptors (Lipinski definition) is 3. The zero-order valence-corrected chi connectivity index (χ0v) is 12.2. The van der Waals surface area contributed by atoms with Gasteiger partial charge in [-0.3, -0.25) is 4.79 Å². The van der Waals surface area contributed by atoms with E-state index in [4.69, 9.17) is 5.11 Å². The molecule has 0 bridgehead atoms. The molecule has 0 saturated carbocycles. The Hall–Kier alpha value is -1.13. The van der Waals surface area contributed by atoms with Gasteiger partial charge in [0.1, 0.15) is 0 Å². The predicted octanol–water partition coefficient (Wildman–Crippen LogP) is 1.78. The zero-order valence-electron chi connectivity index (χ0n) is 12.2. The van der Waals surface area contributed by atoms with Gasteiger partial charge in [0.25, 0.3) is 0 Å². The number of allylic oxidation sites excluding steroid dienone is 2. The number of unbranched alkanes of at least 4 members (excludes halogenated alkanes) is 2. The van der Waals surface area contributed by atoms with Crippen molar-refractivity contribution in [3.63, 3.8) is 0 Å². The van der Waals surface area contributed by atoms with Crippen LogP contribution in [0.15, 0.2) is 24.3 Å². The zero-order chi connectivity index (χ0) is 14.7. The van der Waals surface area contributed by atoms with Gasteiger partial charge in [-0.05, 0) is 38.2 Å². The van der Waals surface area contributed by atoms with E-state index in [-0.39, 0.29) is 5.91 Å². The minimum Gasteiger partial charge on any atom is -0.390 e.